The normalized spacial score (nSPS) is 19.5. The number of hydrogen-bond acceptors (Lipinski definition) is 8. The summed E-state index contributed by atoms with van der Waals surface area (Å²) in [6.45, 7) is 3.34. The Hall–Kier alpha value is -4.03. The van der Waals surface area contributed by atoms with E-state index >= 15 is 0 Å². The van der Waals surface area contributed by atoms with E-state index in [-0.39, 0.29) is 22.4 Å². The Morgan fingerprint density at radius 2 is 1.97 bits per heavy atom. The molecule has 2 fully saturated rings. The van der Waals surface area contributed by atoms with E-state index in [1.54, 1.807) is 41.4 Å². The minimum Gasteiger partial charge on any atom is -0.502 e. The number of ether oxygens (including phenoxy) is 1. The molecule has 3 aliphatic rings. The maximum atomic E-state index is 13.5. The third-order valence-electron chi connectivity index (χ3n) is 7.18. The molecule has 1 aromatic carbocycles. The van der Waals surface area contributed by atoms with Gasteiger partial charge in [0.2, 0.25) is 5.75 Å². The highest BCUT2D eigenvalue weighted by Gasteiger charge is 2.32. The summed E-state index contributed by atoms with van der Waals surface area (Å²) in [5, 5.41) is 17.3. The van der Waals surface area contributed by atoms with E-state index in [4.69, 9.17) is 21.3 Å². The molecule has 1 atom stereocenters. The molecule has 2 amide bonds. The van der Waals surface area contributed by atoms with Crippen molar-refractivity contribution >= 4 is 34.7 Å². The lowest BCUT2D eigenvalue weighted by molar-refractivity contribution is 0.122. The second-order valence-electron chi connectivity index (χ2n) is 9.72. The average Bonchev–Trinajstić information content (AvgIpc) is 3.54. The number of carbonyl (C=O) groups is 1. The van der Waals surface area contributed by atoms with Crippen LogP contribution in [0.4, 0.5) is 20.6 Å². The smallest absolute Gasteiger partial charge is 0.324 e. The van der Waals surface area contributed by atoms with Crippen molar-refractivity contribution in [2.45, 2.75) is 12.6 Å². The van der Waals surface area contributed by atoms with E-state index in [9.17, 15) is 19.1 Å². The van der Waals surface area contributed by atoms with Crippen molar-refractivity contribution in [1.29, 1.82) is 0 Å². The van der Waals surface area contributed by atoms with Gasteiger partial charge in [0.15, 0.2) is 5.65 Å². The summed E-state index contributed by atoms with van der Waals surface area (Å²) in [5.74, 6) is -1.00. The van der Waals surface area contributed by atoms with E-state index < -0.39 is 23.3 Å². The number of aromatic hydroxyl groups is 1. The van der Waals surface area contributed by atoms with Gasteiger partial charge in [-0.25, -0.2) is 14.2 Å². The number of carbonyl (C=O) groups excluding carboxylic acids is 1. The van der Waals surface area contributed by atoms with E-state index in [0.29, 0.717) is 51.5 Å². The molecule has 13 heteroatoms. The number of aromatic nitrogens is 2. The van der Waals surface area contributed by atoms with Gasteiger partial charge >= 0.3 is 11.6 Å². The number of amides is 2. The Labute approximate surface area is 228 Å². The maximum Gasteiger partial charge on any atom is 0.324 e. The quantitative estimate of drug-likeness (QED) is 0.439. The Morgan fingerprint density at radius 3 is 2.69 bits per heavy atom. The minimum absolute atomic E-state index is 0.0311. The molecule has 3 aliphatic heterocycles. The zero-order valence-electron chi connectivity index (χ0n) is 21.2. The zero-order valence-corrected chi connectivity index (χ0v) is 21.9. The molecule has 1 unspecified atom stereocenters. The molecule has 0 radical (unpaired) electrons. The topological polar surface area (TPSA) is 115 Å². The lowest BCUT2D eigenvalue weighted by atomic mass is 10.1. The predicted molar refractivity (Wildman–Crippen MR) is 144 cm³/mol. The highest BCUT2D eigenvalue weighted by molar-refractivity contribution is 6.30. The predicted octanol–water partition coefficient (Wildman–Crippen LogP) is 2.18. The molecule has 0 saturated carbocycles. The Morgan fingerprint density at radius 1 is 1.18 bits per heavy atom. The SMILES string of the molecule is CN1CCN(c2cc(N3CCOCC3)cn3c(=O)c(O)c(C4NC=C(Cc5ccc(F)c(Cl)c5)N4)nc23)C1=O. The van der Waals surface area contributed by atoms with Crippen molar-refractivity contribution < 1.29 is 19.0 Å². The van der Waals surface area contributed by atoms with Crippen molar-refractivity contribution in [3.8, 4) is 5.75 Å². The first-order valence-corrected chi connectivity index (χ1v) is 13.0. The minimum atomic E-state index is -0.697. The summed E-state index contributed by atoms with van der Waals surface area (Å²) in [4.78, 5) is 36.5. The first-order chi connectivity index (χ1) is 18.8. The highest BCUT2D eigenvalue weighted by atomic mass is 35.5. The fourth-order valence-corrected chi connectivity index (χ4v) is 5.26. The van der Waals surface area contributed by atoms with Crippen molar-refractivity contribution in [3.05, 3.63) is 74.8 Å². The first-order valence-electron chi connectivity index (χ1n) is 12.6. The van der Waals surface area contributed by atoms with Crippen LogP contribution in [0.1, 0.15) is 17.4 Å². The first kappa shape index (κ1) is 25.3. The molecule has 2 aromatic heterocycles. The third kappa shape index (κ3) is 4.59. The van der Waals surface area contributed by atoms with Crippen LogP contribution in [0, 0.1) is 5.82 Å². The van der Waals surface area contributed by atoms with E-state index in [2.05, 4.69) is 15.5 Å². The van der Waals surface area contributed by atoms with Crippen LogP contribution in [-0.4, -0.2) is 71.9 Å². The van der Waals surface area contributed by atoms with Crippen LogP contribution in [0.3, 0.4) is 0 Å². The van der Waals surface area contributed by atoms with E-state index in [1.807, 2.05) is 6.07 Å². The average molecular weight is 556 g/mol. The summed E-state index contributed by atoms with van der Waals surface area (Å²) in [6.07, 6.45) is 3.08. The largest absolute Gasteiger partial charge is 0.502 e. The molecule has 0 aliphatic carbocycles. The van der Waals surface area contributed by atoms with Gasteiger partial charge in [-0.15, -0.1) is 0 Å². The Balaban J connectivity index is 1.38. The van der Waals surface area contributed by atoms with Crippen molar-refractivity contribution in [1.82, 2.24) is 24.9 Å². The van der Waals surface area contributed by atoms with Crippen molar-refractivity contribution in [2.24, 2.45) is 0 Å². The van der Waals surface area contributed by atoms with Crippen LogP contribution in [0.5, 0.6) is 5.75 Å². The van der Waals surface area contributed by atoms with Gasteiger partial charge in [0.25, 0.3) is 0 Å². The molecule has 2 saturated heterocycles. The van der Waals surface area contributed by atoms with Crippen LogP contribution >= 0.6 is 11.6 Å². The van der Waals surface area contributed by atoms with Gasteiger partial charge in [0.05, 0.1) is 29.6 Å². The zero-order chi connectivity index (χ0) is 27.3. The van der Waals surface area contributed by atoms with Gasteiger partial charge in [0, 0.05) is 57.7 Å². The van der Waals surface area contributed by atoms with Gasteiger partial charge in [-0.3, -0.25) is 14.1 Å². The lowest BCUT2D eigenvalue weighted by Crippen LogP contribution is -2.37. The highest BCUT2D eigenvalue weighted by Crippen LogP contribution is 2.32. The van der Waals surface area contributed by atoms with Crippen LogP contribution < -0.4 is 26.0 Å². The molecule has 6 rings (SSSR count). The molecule has 204 valence electrons. The number of likely N-dealkylation sites (N-methyl/N-ethyl adjacent to an activating group) is 1. The summed E-state index contributed by atoms with van der Waals surface area (Å²) < 4.78 is 20.3. The van der Waals surface area contributed by atoms with Crippen molar-refractivity contribution in [3.63, 3.8) is 0 Å². The molecule has 0 bridgehead atoms. The number of hydrogen-bond donors (Lipinski definition) is 3. The standard InChI is InChI=1S/C26H27ClFN7O4/c1-32-4-5-34(26(32)38)20-12-17(33-6-8-39-9-7-33)14-35-24(20)31-21(22(36)25(35)37)23-29-13-16(30-23)10-15-2-3-19(28)18(27)11-15/h2-3,11-14,23,29-30,36H,4-10H2,1H3. The van der Waals surface area contributed by atoms with Crippen LogP contribution in [0.2, 0.25) is 5.02 Å². The van der Waals surface area contributed by atoms with Crippen molar-refractivity contribution in [2.75, 3.05) is 56.2 Å². The number of pyridine rings is 1. The van der Waals surface area contributed by atoms with E-state index in [1.165, 1.54) is 10.5 Å². The fraction of sp³-hybridized carbons (Fsp3) is 0.346. The van der Waals surface area contributed by atoms with Crippen LogP contribution in [-0.2, 0) is 11.2 Å². The van der Waals surface area contributed by atoms with Crippen LogP contribution in [0.25, 0.3) is 5.65 Å². The monoisotopic (exact) mass is 555 g/mol. The number of nitrogens with one attached hydrogen (secondary N) is 2. The molecule has 3 aromatic rings. The number of fused-ring (bicyclic) bond motifs is 1. The molecular weight excluding hydrogens is 529 g/mol. The second-order valence-corrected chi connectivity index (χ2v) is 10.1. The summed E-state index contributed by atoms with van der Waals surface area (Å²) in [5.41, 5.74) is 2.46. The third-order valence-corrected chi connectivity index (χ3v) is 7.47. The number of nitrogens with zero attached hydrogens (tertiary/aromatic N) is 5. The van der Waals surface area contributed by atoms with Gasteiger partial charge in [-0.2, -0.15) is 0 Å². The molecular formula is C26H27ClFN7O4. The molecule has 5 heterocycles. The second kappa shape index (κ2) is 9.93. The van der Waals surface area contributed by atoms with Gasteiger partial charge in [-0.05, 0) is 23.8 Å². The van der Waals surface area contributed by atoms with Gasteiger partial charge in [-0.1, -0.05) is 17.7 Å². The molecule has 11 nitrogen and oxygen atoms in total. The van der Waals surface area contributed by atoms with Gasteiger partial charge in [0.1, 0.15) is 17.7 Å². The molecule has 39 heavy (non-hydrogen) atoms. The Kier molecular flexibility index (Phi) is 6.43. The lowest BCUT2D eigenvalue weighted by Gasteiger charge is -2.30. The number of anilines is 2. The number of rotatable bonds is 5. The number of morpholine rings is 1. The summed E-state index contributed by atoms with van der Waals surface area (Å²) in [7, 11) is 1.72. The number of allylic oxidation sites excluding steroid dienone is 1. The maximum absolute atomic E-state index is 13.5. The molecule has 0 spiro atoms. The van der Waals surface area contributed by atoms with Crippen LogP contribution in [0.15, 0.2) is 47.2 Å². The number of benzene rings is 1. The van der Waals surface area contributed by atoms with E-state index in [0.717, 1.165) is 16.9 Å². The Bertz CT molecular complexity index is 1560. The van der Waals surface area contributed by atoms with Gasteiger partial charge < -0.3 is 30.3 Å². The number of urea groups is 1. The fourth-order valence-electron chi connectivity index (χ4n) is 5.05. The summed E-state index contributed by atoms with van der Waals surface area (Å²) >= 11 is 5.92. The number of halogens is 2. The summed E-state index contributed by atoms with van der Waals surface area (Å²) in [6, 6.07) is 6.16. The molecule has 3 N–H and O–H groups in total.